The van der Waals surface area contributed by atoms with Crippen LogP contribution in [0.25, 0.3) is 0 Å². The summed E-state index contributed by atoms with van der Waals surface area (Å²) in [6.45, 7) is 4.43. The predicted molar refractivity (Wildman–Crippen MR) is 74.8 cm³/mol. The molecule has 0 amide bonds. The Labute approximate surface area is 110 Å². The summed E-state index contributed by atoms with van der Waals surface area (Å²) in [5, 5.41) is 0. The van der Waals surface area contributed by atoms with Crippen LogP contribution in [0.2, 0.25) is 0 Å². The number of nitrogens with zero attached hydrogens (tertiary/aromatic N) is 2. The van der Waals surface area contributed by atoms with Gasteiger partial charge in [0, 0.05) is 17.9 Å². The minimum absolute atomic E-state index is 0.436. The fourth-order valence-electron chi connectivity index (χ4n) is 3.33. The molecule has 0 spiro atoms. The molecule has 0 radical (unpaired) electrons. The molecule has 3 nitrogen and oxygen atoms in total. The van der Waals surface area contributed by atoms with E-state index in [1.54, 1.807) is 0 Å². The normalized spacial score (nSPS) is 21.7. The standard InChI is InChI=1S/C15H25N3/c1-10(2)18-14(16)13(11-6-4-3-5-7-11)17-15(18)12-8-9-12/h10-12H,3-9,16H2,1-2H3. The van der Waals surface area contributed by atoms with Crippen LogP contribution in [0.3, 0.4) is 0 Å². The molecule has 0 saturated heterocycles. The van der Waals surface area contributed by atoms with E-state index >= 15 is 0 Å². The van der Waals surface area contributed by atoms with Crippen molar-refractivity contribution in [2.75, 3.05) is 5.73 Å². The lowest BCUT2D eigenvalue weighted by Gasteiger charge is -2.20. The summed E-state index contributed by atoms with van der Waals surface area (Å²) < 4.78 is 2.29. The van der Waals surface area contributed by atoms with Crippen LogP contribution >= 0.6 is 0 Å². The van der Waals surface area contributed by atoms with E-state index in [-0.39, 0.29) is 0 Å². The van der Waals surface area contributed by atoms with Crippen molar-refractivity contribution >= 4 is 5.82 Å². The van der Waals surface area contributed by atoms with Gasteiger partial charge in [-0.25, -0.2) is 4.98 Å². The molecule has 3 heteroatoms. The Morgan fingerprint density at radius 3 is 2.28 bits per heavy atom. The zero-order valence-electron chi connectivity index (χ0n) is 11.7. The van der Waals surface area contributed by atoms with Crippen LogP contribution in [0.1, 0.15) is 88.2 Å². The number of rotatable bonds is 3. The van der Waals surface area contributed by atoms with Gasteiger partial charge in [0.1, 0.15) is 11.6 Å². The van der Waals surface area contributed by atoms with Crippen molar-refractivity contribution in [1.82, 2.24) is 9.55 Å². The van der Waals surface area contributed by atoms with Gasteiger partial charge in [0.05, 0.1) is 5.69 Å². The Kier molecular flexibility index (Phi) is 3.08. The van der Waals surface area contributed by atoms with Crippen molar-refractivity contribution in [3.05, 3.63) is 11.5 Å². The second-order valence-corrected chi connectivity index (χ2v) is 6.31. The quantitative estimate of drug-likeness (QED) is 0.878. The molecule has 1 aromatic heterocycles. The Hall–Kier alpha value is -0.990. The largest absolute Gasteiger partial charge is 0.384 e. The fourth-order valence-corrected chi connectivity index (χ4v) is 3.33. The van der Waals surface area contributed by atoms with E-state index in [0.29, 0.717) is 17.9 Å². The summed E-state index contributed by atoms with van der Waals surface area (Å²) >= 11 is 0. The van der Waals surface area contributed by atoms with E-state index < -0.39 is 0 Å². The Balaban J connectivity index is 1.96. The highest BCUT2D eigenvalue weighted by molar-refractivity contribution is 5.42. The van der Waals surface area contributed by atoms with Crippen molar-refractivity contribution in [2.24, 2.45) is 0 Å². The molecule has 18 heavy (non-hydrogen) atoms. The number of nitrogen functional groups attached to an aromatic ring is 1. The zero-order valence-corrected chi connectivity index (χ0v) is 11.7. The fraction of sp³-hybridized carbons (Fsp3) is 0.800. The molecule has 0 atom stereocenters. The molecule has 2 aliphatic carbocycles. The van der Waals surface area contributed by atoms with Crippen LogP contribution in [0.4, 0.5) is 5.82 Å². The molecule has 0 bridgehead atoms. The van der Waals surface area contributed by atoms with Crippen LogP contribution in [0, 0.1) is 0 Å². The lowest BCUT2D eigenvalue weighted by Crippen LogP contribution is -2.11. The van der Waals surface area contributed by atoms with E-state index in [2.05, 4.69) is 18.4 Å². The van der Waals surface area contributed by atoms with Gasteiger partial charge < -0.3 is 10.3 Å². The van der Waals surface area contributed by atoms with Crippen molar-refractivity contribution in [3.63, 3.8) is 0 Å². The highest BCUT2D eigenvalue weighted by atomic mass is 15.2. The molecule has 2 saturated carbocycles. The van der Waals surface area contributed by atoms with Gasteiger partial charge in [-0.1, -0.05) is 19.3 Å². The van der Waals surface area contributed by atoms with Gasteiger partial charge in [-0.3, -0.25) is 0 Å². The third-order valence-electron chi connectivity index (χ3n) is 4.45. The first-order valence-electron chi connectivity index (χ1n) is 7.56. The molecule has 1 heterocycles. The molecule has 0 aromatic carbocycles. The van der Waals surface area contributed by atoms with E-state index in [1.165, 1.54) is 56.5 Å². The summed E-state index contributed by atoms with van der Waals surface area (Å²) in [6.07, 6.45) is 9.24. The van der Waals surface area contributed by atoms with Gasteiger partial charge in [-0.05, 0) is 39.5 Å². The second kappa shape index (κ2) is 4.60. The Morgan fingerprint density at radius 1 is 1.06 bits per heavy atom. The summed E-state index contributed by atoms with van der Waals surface area (Å²) in [6, 6.07) is 0.436. The van der Waals surface area contributed by atoms with Gasteiger partial charge in [0.25, 0.3) is 0 Å². The van der Waals surface area contributed by atoms with Crippen LogP contribution in [-0.4, -0.2) is 9.55 Å². The van der Waals surface area contributed by atoms with Crippen molar-refractivity contribution in [2.45, 2.75) is 76.7 Å². The second-order valence-electron chi connectivity index (χ2n) is 6.31. The molecule has 2 aliphatic rings. The summed E-state index contributed by atoms with van der Waals surface area (Å²) in [5.41, 5.74) is 7.62. The number of hydrogen-bond acceptors (Lipinski definition) is 2. The summed E-state index contributed by atoms with van der Waals surface area (Å²) in [7, 11) is 0. The highest BCUT2D eigenvalue weighted by Gasteiger charge is 2.33. The van der Waals surface area contributed by atoms with Gasteiger partial charge in [0.2, 0.25) is 0 Å². The SMILES string of the molecule is CC(C)n1c(C2CC2)nc(C2CCCCC2)c1N. The van der Waals surface area contributed by atoms with Crippen LogP contribution < -0.4 is 5.73 Å². The molecule has 0 aliphatic heterocycles. The van der Waals surface area contributed by atoms with Crippen molar-refractivity contribution in [1.29, 1.82) is 0 Å². The van der Waals surface area contributed by atoms with Crippen LogP contribution in [-0.2, 0) is 0 Å². The molecule has 3 rings (SSSR count). The minimum atomic E-state index is 0.436. The minimum Gasteiger partial charge on any atom is -0.384 e. The first kappa shape index (κ1) is 12.1. The van der Waals surface area contributed by atoms with E-state index in [9.17, 15) is 0 Å². The smallest absolute Gasteiger partial charge is 0.127 e. The molecule has 100 valence electrons. The van der Waals surface area contributed by atoms with Gasteiger partial charge in [0.15, 0.2) is 0 Å². The van der Waals surface area contributed by atoms with Gasteiger partial charge >= 0.3 is 0 Å². The summed E-state index contributed by atoms with van der Waals surface area (Å²) in [5.74, 6) is 3.53. The van der Waals surface area contributed by atoms with E-state index in [0.717, 1.165) is 5.82 Å². The number of anilines is 1. The average molecular weight is 247 g/mol. The third-order valence-corrected chi connectivity index (χ3v) is 4.45. The third kappa shape index (κ3) is 2.04. The molecule has 2 fully saturated rings. The monoisotopic (exact) mass is 247 g/mol. The number of hydrogen-bond donors (Lipinski definition) is 1. The maximum absolute atomic E-state index is 6.40. The summed E-state index contributed by atoms with van der Waals surface area (Å²) in [4.78, 5) is 4.95. The van der Waals surface area contributed by atoms with Gasteiger partial charge in [-0.15, -0.1) is 0 Å². The Bertz CT molecular complexity index is 423. The first-order valence-corrected chi connectivity index (χ1v) is 7.56. The maximum atomic E-state index is 6.40. The molecule has 0 unspecified atom stereocenters. The topological polar surface area (TPSA) is 43.8 Å². The number of aromatic nitrogens is 2. The average Bonchev–Trinajstić information content (AvgIpc) is 3.14. The Morgan fingerprint density at radius 2 is 1.72 bits per heavy atom. The lowest BCUT2D eigenvalue weighted by molar-refractivity contribution is 0.438. The zero-order chi connectivity index (χ0) is 12.7. The highest BCUT2D eigenvalue weighted by Crippen LogP contribution is 2.44. The maximum Gasteiger partial charge on any atom is 0.127 e. The van der Waals surface area contributed by atoms with Gasteiger partial charge in [-0.2, -0.15) is 0 Å². The van der Waals surface area contributed by atoms with Crippen LogP contribution in [0.15, 0.2) is 0 Å². The van der Waals surface area contributed by atoms with Crippen molar-refractivity contribution in [3.8, 4) is 0 Å². The number of imidazole rings is 1. The predicted octanol–water partition coefficient (Wildman–Crippen LogP) is 3.97. The first-order chi connectivity index (χ1) is 8.68. The van der Waals surface area contributed by atoms with Crippen LogP contribution in [0.5, 0.6) is 0 Å². The van der Waals surface area contributed by atoms with Crippen molar-refractivity contribution < 1.29 is 0 Å². The number of nitrogens with two attached hydrogens (primary N) is 1. The van der Waals surface area contributed by atoms with E-state index in [1.807, 2.05) is 0 Å². The molecule has 2 N–H and O–H groups in total. The van der Waals surface area contributed by atoms with E-state index in [4.69, 9.17) is 10.7 Å². The lowest BCUT2D eigenvalue weighted by atomic mass is 9.87. The molecular weight excluding hydrogens is 222 g/mol. The molecule has 1 aromatic rings. The molecular formula is C15H25N3.